The van der Waals surface area contributed by atoms with Crippen molar-refractivity contribution in [3.05, 3.63) is 40.3 Å². The second-order valence-electron chi connectivity index (χ2n) is 2.02. The largest absolute Gasteiger partial charge is 0.326 e. The number of hydrogen-bond acceptors (Lipinski definition) is 2. The topological polar surface area (TPSA) is 74.8 Å². The predicted molar refractivity (Wildman–Crippen MR) is 50.4 cm³/mol. The zero-order chi connectivity index (χ0) is 8.10. The lowest BCUT2D eigenvalue weighted by molar-refractivity contribution is 1.07. The van der Waals surface area contributed by atoms with E-state index in [1.807, 2.05) is 18.2 Å². The van der Waals surface area contributed by atoms with Crippen molar-refractivity contribution in [3.8, 4) is 0 Å². The lowest BCUT2D eigenvalue weighted by Gasteiger charge is -1.98. The monoisotopic (exact) mass is 184 g/mol. The molecule has 0 heterocycles. The van der Waals surface area contributed by atoms with Gasteiger partial charge in [-0.15, -0.1) is 12.4 Å². The molecule has 0 aliphatic heterocycles. The molecule has 4 nitrogen and oxygen atoms in total. The molecular weight excluding hydrogens is 176 g/mol. The summed E-state index contributed by atoms with van der Waals surface area (Å²) in [4.78, 5) is 2.68. The van der Waals surface area contributed by atoms with Gasteiger partial charge in [0.1, 0.15) is 0 Å². The lowest BCUT2D eigenvalue weighted by atomic mass is 10.2. The second kappa shape index (κ2) is 5.43. The maximum atomic E-state index is 8.16. The fourth-order valence-corrected chi connectivity index (χ4v) is 0.829. The van der Waals surface area contributed by atoms with E-state index >= 15 is 0 Å². The molecule has 0 radical (unpaired) electrons. The van der Waals surface area contributed by atoms with E-state index < -0.39 is 0 Å². The minimum absolute atomic E-state index is 0. The number of azide groups is 1. The highest BCUT2D eigenvalue weighted by atomic mass is 35.5. The summed E-state index contributed by atoms with van der Waals surface area (Å²) in [6.07, 6.45) is 0. The van der Waals surface area contributed by atoms with Gasteiger partial charge in [-0.25, -0.2) is 0 Å². The van der Waals surface area contributed by atoms with Crippen LogP contribution in [0.5, 0.6) is 0 Å². The number of rotatable bonds is 2. The van der Waals surface area contributed by atoms with Crippen molar-refractivity contribution < 1.29 is 0 Å². The molecule has 0 saturated carbocycles. The smallest absolute Gasteiger partial charge is 0.0420 e. The number of halogens is 1. The third kappa shape index (κ3) is 2.43. The molecule has 12 heavy (non-hydrogen) atoms. The molecule has 1 aromatic rings. The average molecular weight is 185 g/mol. The van der Waals surface area contributed by atoms with Crippen molar-refractivity contribution >= 4 is 18.1 Å². The van der Waals surface area contributed by atoms with Gasteiger partial charge in [-0.05, 0) is 11.1 Å². The van der Waals surface area contributed by atoms with E-state index in [2.05, 4.69) is 10.0 Å². The van der Waals surface area contributed by atoms with Gasteiger partial charge in [0, 0.05) is 17.1 Å². The highest BCUT2D eigenvalue weighted by Crippen LogP contribution is 2.17. The first kappa shape index (κ1) is 10.8. The van der Waals surface area contributed by atoms with E-state index in [-0.39, 0.29) is 12.4 Å². The van der Waals surface area contributed by atoms with Crippen LogP contribution < -0.4 is 5.73 Å². The Bertz CT molecular complexity index is 293. The van der Waals surface area contributed by atoms with Gasteiger partial charge >= 0.3 is 0 Å². The summed E-state index contributed by atoms with van der Waals surface area (Å²) in [6, 6.07) is 7.24. The Labute approximate surface area is 76.4 Å². The molecule has 0 spiro atoms. The van der Waals surface area contributed by atoms with Crippen LogP contribution in [0.3, 0.4) is 0 Å². The summed E-state index contributed by atoms with van der Waals surface area (Å²) < 4.78 is 0. The van der Waals surface area contributed by atoms with Gasteiger partial charge < -0.3 is 5.73 Å². The van der Waals surface area contributed by atoms with E-state index in [9.17, 15) is 0 Å². The van der Waals surface area contributed by atoms with E-state index in [0.29, 0.717) is 12.2 Å². The van der Waals surface area contributed by atoms with Crippen LogP contribution in [-0.4, -0.2) is 0 Å². The van der Waals surface area contributed by atoms with Crippen LogP contribution in [0.4, 0.5) is 5.69 Å². The summed E-state index contributed by atoms with van der Waals surface area (Å²) >= 11 is 0. The quantitative estimate of drug-likeness (QED) is 0.428. The summed E-state index contributed by atoms with van der Waals surface area (Å²) in [5, 5.41) is 3.48. The van der Waals surface area contributed by atoms with Gasteiger partial charge in [0.25, 0.3) is 0 Å². The van der Waals surface area contributed by atoms with Crippen LogP contribution >= 0.6 is 12.4 Å². The molecule has 0 aromatic heterocycles. The van der Waals surface area contributed by atoms with Gasteiger partial charge in [0.2, 0.25) is 0 Å². The van der Waals surface area contributed by atoms with Gasteiger partial charge in [-0.1, -0.05) is 29.4 Å². The average Bonchev–Trinajstić information content (AvgIpc) is 2.06. The molecule has 1 aromatic carbocycles. The summed E-state index contributed by atoms with van der Waals surface area (Å²) in [7, 11) is 0. The maximum absolute atomic E-state index is 8.16. The Balaban J connectivity index is 0.00000121. The Morgan fingerprint density at radius 2 is 2.08 bits per heavy atom. The fourth-order valence-electron chi connectivity index (χ4n) is 0.829. The number of nitrogens with two attached hydrogens (primary N) is 1. The van der Waals surface area contributed by atoms with Crippen LogP contribution in [0.15, 0.2) is 29.4 Å². The van der Waals surface area contributed by atoms with Crippen molar-refractivity contribution in [2.45, 2.75) is 6.54 Å². The Morgan fingerprint density at radius 1 is 1.42 bits per heavy atom. The molecule has 0 atom stereocenters. The fraction of sp³-hybridized carbons (Fsp3) is 0.143. The highest BCUT2D eigenvalue weighted by Gasteiger charge is 1.94. The van der Waals surface area contributed by atoms with E-state index in [0.717, 1.165) is 5.56 Å². The Kier molecular flexibility index (Phi) is 4.88. The molecule has 0 aliphatic rings. The van der Waals surface area contributed by atoms with E-state index in [1.54, 1.807) is 6.07 Å². The van der Waals surface area contributed by atoms with Crippen LogP contribution in [0.25, 0.3) is 10.4 Å². The number of hydrogen-bond donors (Lipinski definition) is 1. The number of nitrogens with zero attached hydrogens (tertiary/aromatic N) is 3. The molecular formula is C7H9ClN4. The maximum Gasteiger partial charge on any atom is 0.0420 e. The van der Waals surface area contributed by atoms with Gasteiger partial charge in [0.05, 0.1) is 0 Å². The zero-order valence-corrected chi connectivity index (χ0v) is 7.16. The van der Waals surface area contributed by atoms with Crippen LogP contribution in [0.2, 0.25) is 0 Å². The molecule has 1 rings (SSSR count). The van der Waals surface area contributed by atoms with E-state index in [1.165, 1.54) is 0 Å². The van der Waals surface area contributed by atoms with Crippen molar-refractivity contribution in [3.63, 3.8) is 0 Å². The molecule has 5 heteroatoms. The minimum Gasteiger partial charge on any atom is -0.326 e. The molecule has 0 amide bonds. The Morgan fingerprint density at radius 3 is 2.67 bits per heavy atom. The molecule has 0 aliphatic carbocycles. The van der Waals surface area contributed by atoms with Gasteiger partial charge in [-0.3, -0.25) is 0 Å². The van der Waals surface area contributed by atoms with Crippen LogP contribution in [-0.2, 0) is 6.54 Å². The first-order valence-corrected chi connectivity index (χ1v) is 3.21. The van der Waals surface area contributed by atoms with Crippen molar-refractivity contribution in [2.75, 3.05) is 0 Å². The second-order valence-corrected chi connectivity index (χ2v) is 2.02. The van der Waals surface area contributed by atoms with Crippen molar-refractivity contribution in [1.82, 2.24) is 0 Å². The summed E-state index contributed by atoms with van der Waals surface area (Å²) in [6.45, 7) is 0.398. The third-order valence-electron chi connectivity index (χ3n) is 1.36. The van der Waals surface area contributed by atoms with E-state index in [4.69, 9.17) is 11.3 Å². The first-order chi connectivity index (χ1) is 5.38. The first-order valence-electron chi connectivity index (χ1n) is 3.21. The highest BCUT2D eigenvalue weighted by molar-refractivity contribution is 5.85. The SMILES string of the molecule is Cl.[N-]=[N+]=Nc1ccccc1CN. The molecule has 0 saturated heterocycles. The minimum atomic E-state index is 0. The van der Waals surface area contributed by atoms with Crippen LogP contribution in [0, 0.1) is 0 Å². The molecule has 0 unspecified atom stereocenters. The zero-order valence-electron chi connectivity index (χ0n) is 6.34. The van der Waals surface area contributed by atoms with Gasteiger partial charge in [-0.2, -0.15) is 0 Å². The molecule has 64 valence electrons. The van der Waals surface area contributed by atoms with Crippen molar-refractivity contribution in [1.29, 1.82) is 0 Å². The lowest BCUT2D eigenvalue weighted by Crippen LogP contribution is -1.95. The van der Waals surface area contributed by atoms with Crippen LogP contribution in [0.1, 0.15) is 5.56 Å². The van der Waals surface area contributed by atoms with Gasteiger partial charge in [0.15, 0.2) is 0 Å². The molecule has 0 bridgehead atoms. The predicted octanol–water partition coefficient (Wildman–Crippen LogP) is 2.51. The standard InChI is InChI=1S/C7H8N4.ClH/c8-5-6-3-1-2-4-7(6)10-11-9;/h1-4H,5,8H2;1H. The van der Waals surface area contributed by atoms with Crippen molar-refractivity contribution in [2.24, 2.45) is 10.8 Å². The Hall–Kier alpha value is -1.22. The number of benzene rings is 1. The summed E-state index contributed by atoms with van der Waals surface area (Å²) in [5.74, 6) is 0. The molecule has 0 fully saturated rings. The normalized spacial score (nSPS) is 8.08. The summed E-state index contributed by atoms with van der Waals surface area (Å²) in [5.41, 5.74) is 15.0. The third-order valence-corrected chi connectivity index (χ3v) is 1.36. The molecule has 2 N–H and O–H groups in total.